The van der Waals surface area contributed by atoms with Gasteiger partial charge < -0.3 is 9.88 Å². The van der Waals surface area contributed by atoms with E-state index in [4.69, 9.17) is 0 Å². The first kappa shape index (κ1) is 21.6. The zero-order chi connectivity index (χ0) is 18.7. The summed E-state index contributed by atoms with van der Waals surface area (Å²) in [4.78, 5) is 4.64. The summed E-state index contributed by atoms with van der Waals surface area (Å²) in [5.41, 5.74) is 9.10. The summed E-state index contributed by atoms with van der Waals surface area (Å²) < 4.78 is 2.09. The SMILES string of the molecule is CC1NNCC1CCCNCc1cnc2c(c1)c(C#N)cn2C(C)(C)C.Cl. The predicted octanol–water partition coefficient (Wildman–Crippen LogP) is 3.07. The van der Waals surface area contributed by atoms with Gasteiger partial charge in [-0.3, -0.25) is 10.9 Å². The molecule has 3 heterocycles. The smallest absolute Gasteiger partial charge is 0.141 e. The number of rotatable bonds is 6. The van der Waals surface area contributed by atoms with Crippen LogP contribution in [0.4, 0.5) is 0 Å². The molecule has 2 aromatic rings. The second kappa shape index (κ2) is 9.03. The Hall–Kier alpha value is -1.65. The van der Waals surface area contributed by atoms with Crippen LogP contribution in [0.1, 0.15) is 51.7 Å². The quantitative estimate of drug-likeness (QED) is 0.661. The van der Waals surface area contributed by atoms with Crippen LogP contribution in [0.3, 0.4) is 0 Å². The van der Waals surface area contributed by atoms with Gasteiger partial charge in [0.2, 0.25) is 0 Å². The van der Waals surface area contributed by atoms with E-state index < -0.39 is 0 Å². The number of halogens is 1. The lowest BCUT2D eigenvalue weighted by Crippen LogP contribution is -2.28. The van der Waals surface area contributed by atoms with Gasteiger partial charge >= 0.3 is 0 Å². The summed E-state index contributed by atoms with van der Waals surface area (Å²) in [5.74, 6) is 0.713. The van der Waals surface area contributed by atoms with Crippen LogP contribution < -0.4 is 16.2 Å². The molecule has 6 nitrogen and oxygen atoms in total. The van der Waals surface area contributed by atoms with Crippen molar-refractivity contribution < 1.29 is 0 Å². The number of hydrogen-bond acceptors (Lipinski definition) is 5. The number of aromatic nitrogens is 2. The molecule has 2 aromatic heterocycles. The van der Waals surface area contributed by atoms with Gasteiger partial charge in [0.25, 0.3) is 0 Å². The second-order valence-corrected chi connectivity index (χ2v) is 8.30. The molecule has 2 atom stereocenters. The monoisotopic (exact) mass is 390 g/mol. The van der Waals surface area contributed by atoms with E-state index in [0.29, 0.717) is 17.5 Å². The average molecular weight is 391 g/mol. The van der Waals surface area contributed by atoms with Crippen molar-refractivity contribution in [3.8, 4) is 6.07 Å². The molecule has 0 bridgehead atoms. The van der Waals surface area contributed by atoms with Crippen LogP contribution >= 0.6 is 12.4 Å². The summed E-state index contributed by atoms with van der Waals surface area (Å²) in [7, 11) is 0. The Balaban J connectivity index is 0.00000261. The minimum atomic E-state index is -0.0960. The predicted molar refractivity (Wildman–Crippen MR) is 112 cm³/mol. The number of hydrazine groups is 1. The molecular weight excluding hydrogens is 360 g/mol. The van der Waals surface area contributed by atoms with Gasteiger partial charge in [0.15, 0.2) is 0 Å². The van der Waals surface area contributed by atoms with E-state index in [2.05, 4.69) is 65.5 Å². The molecule has 3 rings (SSSR count). The topological polar surface area (TPSA) is 77.7 Å². The largest absolute Gasteiger partial charge is 0.326 e. The molecule has 1 aliphatic rings. The number of nitriles is 1. The van der Waals surface area contributed by atoms with Gasteiger partial charge in [-0.1, -0.05) is 0 Å². The number of nitrogens with zero attached hydrogens (tertiary/aromatic N) is 3. The number of fused-ring (bicyclic) bond motifs is 1. The maximum absolute atomic E-state index is 9.46. The number of pyridine rings is 1. The lowest BCUT2D eigenvalue weighted by atomic mass is 9.98. The van der Waals surface area contributed by atoms with Crippen molar-refractivity contribution >= 4 is 23.4 Å². The highest BCUT2D eigenvalue weighted by Gasteiger charge is 2.22. The summed E-state index contributed by atoms with van der Waals surface area (Å²) in [6.07, 6.45) is 6.22. The molecule has 0 aliphatic carbocycles. The Kier molecular flexibility index (Phi) is 7.24. The Morgan fingerprint density at radius 3 is 2.81 bits per heavy atom. The molecular formula is C20H31ClN6. The highest BCUT2D eigenvalue weighted by molar-refractivity contribution is 5.85. The molecule has 7 heteroatoms. The fraction of sp³-hybridized carbons (Fsp3) is 0.600. The molecule has 27 heavy (non-hydrogen) atoms. The first-order valence-electron chi connectivity index (χ1n) is 9.50. The van der Waals surface area contributed by atoms with Gasteiger partial charge in [0.05, 0.1) is 5.56 Å². The Morgan fingerprint density at radius 2 is 2.19 bits per heavy atom. The lowest BCUT2D eigenvalue weighted by molar-refractivity contribution is 0.408. The van der Waals surface area contributed by atoms with Crippen LogP contribution in [0.25, 0.3) is 11.0 Å². The summed E-state index contributed by atoms with van der Waals surface area (Å²) in [6.45, 7) is 11.4. The summed E-state index contributed by atoms with van der Waals surface area (Å²) in [5, 5.41) is 13.9. The fourth-order valence-corrected chi connectivity index (χ4v) is 3.57. The lowest BCUT2D eigenvalue weighted by Gasteiger charge is -2.21. The van der Waals surface area contributed by atoms with Crippen molar-refractivity contribution in [1.29, 1.82) is 5.26 Å². The second-order valence-electron chi connectivity index (χ2n) is 8.30. The average Bonchev–Trinajstić information content (AvgIpc) is 3.17. The van der Waals surface area contributed by atoms with Crippen LogP contribution in [-0.4, -0.2) is 28.7 Å². The molecule has 148 valence electrons. The summed E-state index contributed by atoms with van der Waals surface area (Å²) >= 11 is 0. The molecule has 1 fully saturated rings. The van der Waals surface area contributed by atoms with Crippen molar-refractivity contribution in [2.45, 2.75) is 58.7 Å². The number of hydrogen-bond donors (Lipinski definition) is 3. The van der Waals surface area contributed by atoms with E-state index in [1.165, 1.54) is 6.42 Å². The molecule has 0 amide bonds. The first-order chi connectivity index (χ1) is 12.4. The van der Waals surface area contributed by atoms with E-state index in [0.717, 1.165) is 42.7 Å². The van der Waals surface area contributed by atoms with E-state index in [1.54, 1.807) is 0 Å². The highest BCUT2D eigenvalue weighted by atomic mass is 35.5. The van der Waals surface area contributed by atoms with Crippen molar-refractivity contribution in [2.75, 3.05) is 13.1 Å². The fourth-order valence-electron chi connectivity index (χ4n) is 3.57. The van der Waals surface area contributed by atoms with E-state index in [-0.39, 0.29) is 17.9 Å². The standard InChI is InChI=1S/C20H30N6.ClH/c1-14-16(12-24-25-14)6-5-7-22-10-15-8-18-17(9-21)13-26(20(2,3)4)19(18)23-11-15;/h8,11,13-14,16,22,24-25H,5-7,10,12H2,1-4H3;1H. The van der Waals surface area contributed by atoms with Gasteiger partial charge in [0.1, 0.15) is 11.7 Å². The van der Waals surface area contributed by atoms with Gasteiger partial charge in [-0.05, 0) is 64.6 Å². The van der Waals surface area contributed by atoms with E-state index >= 15 is 0 Å². The molecule has 0 spiro atoms. The first-order valence-corrected chi connectivity index (χ1v) is 9.50. The Labute approximate surface area is 168 Å². The van der Waals surface area contributed by atoms with Crippen molar-refractivity contribution in [2.24, 2.45) is 5.92 Å². The molecule has 1 saturated heterocycles. The zero-order valence-electron chi connectivity index (χ0n) is 16.7. The van der Waals surface area contributed by atoms with Gasteiger partial charge in [0, 0.05) is 42.5 Å². The van der Waals surface area contributed by atoms with Crippen LogP contribution in [0.15, 0.2) is 18.5 Å². The maximum Gasteiger partial charge on any atom is 0.141 e. The van der Waals surface area contributed by atoms with E-state index in [1.807, 2.05) is 12.4 Å². The molecule has 0 saturated carbocycles. The van der Waals surface area contributed by atoms with Crippen LogP contribution in [-0.2, 0) is 12.1 Å². The molecule has 2 unspecified atom stereocenters. The molecule has 1 aliphatic heterocycles. The van der Waals surface area contributed by atoms with Crippen molar-refractivity contribution in [1.82, 2.24) is 25.7 Å². The third-order valence-corrected chi connectivity index (χ3v) is 5.20. The van der Waals surface area contributed by atoms with Crippen LogP contribution in [0, 0.1) is 17.2 Å². The third kappa shape index (κ3) is 4.99. The van der Waals surface area contributed by atoms with Crippen molar-refractivity contribution in [3.05, 3.63) is 29.6 Å². The van der Waals surface area contributed by atoms with Gasteiger partial charge in [-0.25, -0.2) is 4.98 Å². The van der Waals surface area contributed by atoms with Crippen LogP contribution in [0.5, 0.6) is 0 Å². The maximum atomic E-state index is 9.46. The van der Waals surface area contributed by atoms with Crippen molar-refractivity contribution in [3.63, 3.8) is 0 Å². The Bertz CT molecular complexity index is 801. The normalized spacial score (nSPS) is 19.8. The van der Waals surface area contributed by atoms with Gasteiger partial charge in [-0.2, -0.15) is 5.26 Å². The highest BCUT2D eigenvalue weighted by Crippen LogP contribution is 2.26. The zero-order valence-corrected chi connectivity index (χ0v) is 17.5. The molecule has 0 aromatic carbocycles. The summed E-state index contributed by atoms with van der Waals surface area (Å²) in [6, 6.07) is 4.96. The third-order valence-electron chi connectivity index (χ3n) is 5.20. The van der Waals surface area contributed by atoms with E-state index in [9.17, 15) is 5.26 Å². The Morgan fingerprint density at radius 1 is 1.41 bits per heavy atom. The minimum Gasteiger partial charge on any atom is -0.326 e. The van der Waals surface area contributed by atoms with Gasteiger partial charge in [-0.15, -0.1) is 12.4 Å². The van der Waals surface area contributed by atoms with Crippen LogP contribution in [0.2, 0.25) is 0 Å². The molecule has 3 N–H and O–H groups in total. The number of nitrogens with one attached hydrogen (secondary N) is 3. The minimum absolute atomic E-state index is 0. The molecule has 0 radical (unpaired) electrons.